The first-order valence-corrected chi connectivity index (χ1v) is 5.93. The fourth-order valence-corrected chi connectivity index (χ4v) is 2.43. The van der Waals surface area contributed by atoms with Crippen molar-refractivity contribution in [2.45, 2.75) is 20.3 Å². The number of para-hydroxylation sites is 1. The van der Waals surface area contributed by atoms with Crippen LogP contribution in [0.4, 0.5) is 5.69 Å². The number of pyridine rings is 1. The third kappa shape index (κ3) is 1.60. The summed E-state index contributed by atoms with van der Waals surface area (Å²) in [6.07, 6.45) is 5.30. The Bertz CT molecular complexity index is 624. The standard InChI is InChI=1S/C15H16N2/c1-15(2)8-7-11-13(9-15)17-12-6-4-3-5-10(12)14(11)16/h3-8H,9H2,1-2H3,(H2,16,17). The number of aromatic nitrogens is 1. The van der Waals surface area contributed by atoms with E-state index in [0.717, 1.165) is 34.3 Å². The van der Waals surface area contributed by atoms with Gasteiger partial charge in [-0.3, -0.25) is 4.98 Å². The van der Waals surface area contributed by atoms with Gasteiger partial charge in [0, 0.05) is 10.9 Å². The Kier molecular flexibility index (Phi) is 2.02. The van der Waals surface area contributed by atoms with Crippen molar-refractivity contribution in [3.8, 4) is 0 Å². The molecule has 17 heavy (non-hydrogen) atoms. The van der Waals surface area contributed by atoms with Crippen molar-refractivity contribution in [3.63, 3.8) is 0 Å². The molecule has 1 aliphatic rings. The molecule has 2 nitrogen and oxygen atoms in total. The summed E-state index contributed by atoms with van der Waals surface area (Å²) in [5.41, 5.74) is 10.5. The van der Waals surface area contributed by atoms with E-state index in [1.165, 1.54) is 0 Å². The molecule has 86 valence electrons. The van der Waals surface area contributed by atoms with Gasteiger partial charge in [-0.05, 0) is 17.9 Å². The first kappa shape index (κ1) is 10.3. The number of allylic oxidation sites excluding steroid dienone is 1. The Morgan fingerprint density at radius 1 is 1.24 bits per heavy atom. The van der Waals surface area contributed by atoms with Crippen LogP contribution in [0.5, 0.6) is 0 Å². The third-order valence-electron chi connectivity index (χ3n) is 3.37. The SMILES string of the molecule is CC1(C)C=Cc2c(nc3ccccc3c2N)C1. The van der Waals surface area contributed by atoms with E-state index in [-0.39, 0.29) is 5.41 Å². The Morgan fingerprint density at radius 3 is 2.82 bits per heavy atom. The molecule has 0 bridgehead atoms. The molecule has 3 rings (SSSR count). The van der Waals surface area contributed by atoms with Gasteiger partial charge in [0.25, 0.3) is 0 Å². The number of hydrogen-bond acceptors (Lipinski definition) is 2. The predicted molar refractivity (Wildman–Crippen MR) is 72.7 cm³/mol. The third-order valence-corrected chi connectivity index (χ3v) is 3.37. The van der Waals surface area contributed by atoms with Gasteiger partial charge in [-0.2, -0.15) is 0 Å². The first-order chi connectivity index (χ1) is 8.07. The normalized spacial score (nSPS) is 17.1. The second-order valence-electron chi connectivity index (χ2n) is 5.40. The molecule has 1 heterocycles. The average molecular weight is 224 g/mol. The van der Waals surface area contributed by atoms with Crippen LogP contribution < -0.4 is 5.73 Å². The molecule has 2 aromatic rings. The van der Waals surface area contributed by atoms with Crippen molar-refractivity contribution < 1.29 is 0 Å². The molecule has 0 unspecified atom stereocenters. The van der Waals surface area contributed by atoms with Gasteiger partial charge in [-0.1, -0.05) is 44.2 Å². The summed E-state index contributed by atoms with van der Waals surface area (Å²) in [7, 11) is 0. The van der Waals surface area contributed by atoms with E-state index in [9.17, 15) is 0 Å². The lowest BCUT2D eigenvalue weighted by Crippen LogP contribution is -2.18. The van der Waals surface area contributed by atoms with Crippen molar-refractivity contribution >= 4 is 22.7 Å². The van der Waals surface area contributed by atoms with E-state index >= 15 is 0 Å². The zero-order valence-corrected chi connectivity index (χ0v) is 10.2. The largest absolute Gasteiger partial charge is 0.398 e. The number of fused-ring (bicyclic) bond motifs is 2. The number of hydrogen-bond donors (Lipinski definition) is 1. The summed E-state index contributed by atoms with van der Waals surface area (Å²) in [5.74, 6) is 0. The van der Waals surface area contributed by atoms with Crippen LogP contribution in [0.15, 0.2) is 30.3 Å². The van der Waals surface area contributed by atoms with E-state index in [2.05, 4.69) is 26.0 Å². The number of nitrogen functional groups attached to an aromatic ring is 1. The monoisotopic (exact) mass is 224 g/mol. The van der Waals surface area contributed by atoms with Crippen LogP contribution >= 0.6 is 0 Å². The second-order valence-corrected chi connectivity index (χ2v) is 5.40. The Morgan fingerprint density at radius 2 is 2.00 bits per heavy atom. The number of anilines is 1. The summed E-state index contributed by atoms with van der Waals surface area (Å²) in [5, 5.41) is 1.05. The minimum atomic E-state index is 0.175. The molecule has 0 aliphatic heterocycles. The van der Waals surface area contributed by atoms with E-state index in [1.807, 2.05) is 24.3 Å². The van der Waals surface area contributed by atoms with Gasteiger partial charge in [0.05, 0.1) is 16.9 Å². The summed E-state index contributed by atoms with van der Waals surface area (Å²) >= 11 is 0. The van der Waals surface area contributed by atoms with E-state index in [0.29, 0.717) is 0 Å². The maximum atomic E-state index is 6.24. The van der Waals surface area contributed by atoms with Gasteiger partial charge in [-0.15, -0.1) is 0 Å². The number of rotatable bonds is 0. The highest BCUT2D eigenvalue weighted by Crippen LogP contribution is 2.36. The molecule has 0 spiro atoms. The maximum absolute atomic E-state index is 6.24. The number of nitrogens with zero attached hydrogens (tertiary/aromatic N) is 1. The zero-order valence-electron chi connectivity index (χ0n) is 10.2. The van der Waals surface area contributed by atoms with Crippen molar-refractivity contribution in [2.24, 2.45) is 5.41 Å². The van der Waals surface area contributed by atoms with Crippen molar-refractivity contribution in [3.05, 3.63) is 41.6 Å². The Labute approximate surface area is 101 Å². The fraction of sp³-hybridized carbons (Fsp3) is 0.267. The lowest BCUT2D eigenvalue weighted by molar-refractivity contribution is 0.469. The topological polar surface area (TPSA) is 38.9 Å². The average Bonchev–Trinajstić information content (AvgIpc) is 2.27. The zero-order chi connectivity index (χ0) is 12.0. The quantitative estimate of drug-likeness (QED) is 0.744. The lowest BCUT2D eigenvalue weighted by Gasteiger charge is -2.26. The van der Waals surface area contributed by atoms with E-state index in [1.54, 1.807) is 0 Å². The highest BCUT2D eigenvalue weighted by Gasteiger charge is 2.23. The molecular weight excluding hydrogens is 208 g/mol. The van der Waals surface area contributed by atoms with Crippen molar-refractivity contribution in [2.75, 3.05) is 5.73 Å². The summed E-state index contributed by atoms with van der Waals surface area (Å²) < 4.78 is 0. The fourth-order valence-electron chi connectivity index (χ4n) is 2.43. The highest BCUT2D eigenvalue weighted by molar-refractivity contribution is 5.95. The Balaban J connectivity index is 2.32. The van der Waals surface area contributed by atoms with Crippen LogP contribution in [0.3, 0.4) is 0 Å². The minimum absolute atomic E-state index is 0.175. The van der Waals surface area contributed by atoms with Gasteiger partial charge in [0.2, 0.25) is 0 Å². The van der Waals surface area contributed by atoms with Crippen LogP contribution in [0.1, 0.15) is 25.1 Å². The van der Waals surface area contributed by atoms with Gasteiger partial charge >= 0.3 is 0 Å². The first-order valence-electron chi connectivity index (χ1n) is 5.93. The van der Waals surface area contributed by atoms with Crippen molar-refractivity contribution in [1.82, 2.24) is 4.98 Å². The molecule has 2 heteroatoms. The molecule has 0 amide bonds. The number of nitrogens with two attached hydrogens (primary N) is 1. The molecular formula is C15H16N2. The summed E-state index contributed by atoms with van der Waals surface area (Å²) in [4.78, 5) is 4.74. The Hall–Kier alpha value is -1.83. The molecule has 0 saturated heterocycles. The molecule has 0 radical (unpaired) electrons. The van der Waals surface area contributed by atoms with Gasteiger partial charge < -0.3 is 5.73 Å². The van der Waals surface area contributed by atoms with Crippen LogP contribution in [0, 0.1) is 5.41 Å². The van der Waals surface area contributed by atoms with E-state index in [4.69, 9.17) is 10.7 Å². The summed E-state index contributed by atoms with van der Waals surface area (Å²) in [6, 6.07) is 8.07. The van der Waals surface area contributed by atoms with Crippen molar-refractivity contribution in [1.29, 1.82) is 0 Å². The smallest absolute Gasteiger partial charge is 0.0726 e. The second kappa shape index (κ2) is 3.33. The molecule has 0 saturated carbocycles. The summed E-state index contributed by atoms with van der Waals surface area (Å²) in [6.45, 7) is 4.44. The van der Waals surface area contributed by atoms with Crippen LogP contribution in [-0.2, 0) is 6.42 Å². The van der Waals surface area contributed by atoms with Gasteiger partial charge in [0.1, 0.15) is 0 Å². The molecule has 0 atom stereocenters. The van der Waals surface area contributed by atoms with Crippen LogP contribution in [0.25, 0.3) is 17.0 Å². The highest BCUT2D eigenvalue weighted by atomic mass is 14.7. The molecule has 1 aliphatic carbocycles. The number of benzene rings is 1. The minimum Gasteiger partial charge on any atom is -0.398 e. The van der Waals surface area contributed by atoms with Gasteiger partial charge in [0.15, 0.2) is 0 Å². The predicted octanol–water partition coefficient (Wildman–Crippen LogP) is 3.41. The molecule has 2 N–H and O–H groups in total. The van der Waals surface area contributed by atoms with Crippen LogP contribution in [0.2, 0.25) is 0 Å². The lowest BCUT2D eigenvalue weighted by atomic mass is 9.81. The maximum Gasteiger partial charge on any atom is 0.0726 e. The van der Waals surface area contributed by atoms with E-state index < -0.39 is 0 Å². The van der Waals surface area contributed by atoms with Gasteiger partial charge in [-0.25, -0.2) is 0 Å². The molecule has 1 aromatic carbocycles. The molecule has 1 aromatic heterocycles. The van der Waals surface area contributed by atoms with Crippen LogP contribution in [-0.4, -0.2) is 4.98 Å². The molecule has 0 fully saturated rings.